The van der Waals surface area contributed by atoms with E-state index in [1.54, 1.807) is 23.0 Å². The van der Waals surface area contributed by atoms with E-state index in [4.69, 9.17) is 11.6 Å². The summed E-state index contributed by atoms with van der Waals surface area (Å²) in [6.45, 7) is 5.99. The van der Waals surface area contributed by atoms with Gasteiger partial charge in [-0.15, -0.1) is 24.8 Å². The van der Waals surface area contributed by atoms with Gasteiger partial charge in [-0.25, -0.2) is 4.68 Å². The summed E-state index contributed by atoms with van der Waals surface area (Å²) in [4.78, 5) is 19.9. The highest BCUT2D eigenvalue weighted by atomic mass is 35.5. The third kappa shape index (κ3) is 4.36. The van der Waals surface area contributed by atoms with Crippen molar-refractivity contribution in [1.29, 1.82) is 0 Å². The van der Waals surface area contributed by atoms with E-state index in [0.29, 0.717) is 10.4 Å². The number of pyridine rings is 1. The maximum Gasteiger partial charge on any atom is 0.280 e. The van der Waals surface area contributed by atoms with E-state index in [1.165, 1.54) is 5.69 Å². The molecule has 3 heterocycles. The molecule has 0 bridgehead atoms. The van der Waals surface area contributed by atoms with Crippen LogP contribution in [0.15, 0.2) is 59.5 Å². The van der Waals surface area contributed by atoms with Gasteiger partial charge in [0.15, 0.2) is 0 Å². The maximum atomic E-state index is 13.0. The minimum Gasteiger partial charge on any atom is -0.369 e. The van der Waals surface area contributed by atoms with Crippen LogP contribution in [-0.4, -0.2) is 40.9 Å². The van der Waals surface area contributed by atoms with Crippen molar-refractivity contribution in [3.63, 3.8) is 0 Å². The van der Waals surface area contributed by atoms with Gasteiger partial charge in [-0.05, 0) is 48.9 Å². The van der Waals surface area contributed by atoms with Crippen LogP contribution in [0.4, 0.5) is 5.69 Å². The lowest BCUT2D eigenvalue weighted by molar-refractivity contribution is 0.589. The van der Waals surface area contributed by atoms with Crippen molar-refractivity contribution < 1.29 is 0 Å². The molecule has 1 saturated heterocycles. The molecule has 0 amide bonds. The number of piperazine rings is 1. The van der Waals surface area contributed by atoms with Crippen molar-refractivity contribution in [2.24, 2.45) is 0 Å². The molecule has 2 aromatic heterocycles. The summed E-state index contributed by atoms with van der Waals surface area (Å²) >= 11 is 6.00. The molecule has 0 atom stereocenters. The van der Waals surface area contributed by atoms with Gasteiger partial charge in [0.2, 0.25) is 0 Å². The highest BCUT2D eigenvalue weighted by Gasteiger charge is 2.17. The van der Waals surface area contributed by atoms with Gasteiger partial charge in [0.1, 0.15) is 0 Å². The molecular weight excluding hydrogens is 469 g/mol. The molecule has 1 fully saturated rings. The molecule has 168 valence electrons. The SMILES string of the molecule is Cc1ncc2c(=O)n(-c3ccc(Cl)cc3)[nH]c2c1-c1ccc(N2CCNCC2)cc1.Cl.Cl. The van der Waals surface area contributed by atoms with Crippen molar-refractivity contribution in [2.75, 3.05) is 31.1 Å². The van der Waals surface area contributed by atoms with Crippen molar-refractivity contribution in [1.82, 2.24) is 20.1 Å². The number of fused-ring (bicyclic) bond motifs is 1. The third-order valence-electron chi connectivity index (χ3n) is 5.65. The number of aromatic nitrogens is 3. The molecule has 5 rings (SSSR count). The molecule has 9 heteroatoms. The largest absolute Gasteiger partial charge is 0.369 e. The van der Waals surface area contributed by atoms with Crippen LogP contribution >= 0.6 is 36.4 Å². The second-order valence-corrected chi connectivity index (χ2v) is 7.96. The number of hydrogen-bond donors (Lipinski definition) is 2. The van der Waals surface area contributed by atoms with Gasteiger partial charge in [0, 0.05) is 54.3 Å². The lowest BCUT2D eigenvalue weighted by atomic mass is 10.0. The van der Waals surface area contributed by atoms with Gasteiger partial charge in [-0.2, -0.15) is 0 Å². The fourth-order valence-corrected chi connectivity index (χ4v) is 4.18. The van der Waals surface area contributed by atoms with E-state index in [-0.39, 0.29) is 30.4 Å². The molecular formula is C23H24Cl3N5O. The molecule has 0 aliphatic carbocycles. The molecule has 1 aliphatic rings. The normalized spacial score (nSPS) is 13.5. The number of H-pyrrole nitrogens is 1. The highest BCUT2D eigenvalue weighted by Crippen LogP contribution is 2.30. The molecule has 0 radical (unpaired) electrons. The smallest absolute Gasteiger partial charge is 0.280 e. The van der Waals surface area contributed by atoms with E-state index in [1.807, 2.05) is 19.1 Å². The van der Waals surface area contributed by atoms with Crippen molar-refractivity contribution in [3.05, 3.63) is 75.8 Å². The zero-order valence-corrected chi connectivity index (χ0v) is 19.9. The molecule has 0 unspecified atom stereocenters. The van der Waals surface area contributed by atoms with Crippen LogP contribution in [0.1, 0.15) is 5.69 Å². The predicted octanol–water partition coefficient (Wildman–Crippen LogP) is 4.60. The Kier molecular flexibility index (Phi) is 7.51. The Morgan fingerprint density at radius 1 is 0.938 bits per heavy atom. The average molecular weight is 493 g/mol. The molecule has 6 nitrogen and oxygen atoms in total. The summed E-state index contributed by atoms with van der Waals surface area (Å²) < 4.78 is 1.54. The second-order valence-electron chi connectivity index (χ2n) is 7.52. The molecule has 1 aliphatic heterocycles. The topological polar surface area (TPSA) is 66.0 Å². The molecule has 4 aromatic rings. The van der Waals surface area contributed by atoms with Crippen LogP contribution in [0, 0.1) is 6.92 Å². The van der Waals surface area contributed by atoms with Crippen LogP contribution < -0.4 is 15.8 Å². The monoisotopic (exact) mass is 491 g/mol. The van der Waals surface area contributed by atoms with Crippen LogP contribution in [0.2, 0.25) is 5.02 Å². The van der Waals surface area contributed by atoms with Gasteiger partial charge < -0.3 is 10.2 Å². The summed E-state index contributed by atoms with van der Waals surface area (Å²) in [5.41, 5.74) is 5.47. The first kappa shape index (κ1) is 24.1. The number of anilines is 1. The minimum atomic E-state index is -0.126. The first-order valence-electron chi connectivity index (χ1n) is 10.0. The zero-order chi connectivity index (χ0) is 20.7. The Balaban J connectivity index is 0.00000144. The Morgan fingerprint density at radius 3 is 2.22 bits per heavy atom. The molecule has 0 spiro atoms. The lowest BCUT2D eigenvalue weighted by Crippen LogP contribution is -2.43. The minimum absolute atomic E-state index is 0. The van der Waals surface area contributed by atoms with E-state index >= 15 is 0 Å². The lowest BCUT2D eigenvalue weighted by Gasteiger charge is -2.29. The fourth-order valence-electron chi connectivity index (χ4n) is 4.05. The average Bonchev–Trinajstić information content (AvgIpc) is 3.11. The molecule has 0 saturated carbocycles. The van der Waals surface area contributed by atoms with Gasteiger partial charge in [-0.3, -0.25) is 14.9 Å². The van der Waals surface area contributed by atoms with E-state index < -0.39 is 0 Å². The van der Waals surface area contributed by atoms with Crippen LogP contribution in [-0.2, 0) is 0 Å². The molecule has 32 heavy (non-hydrogen) atoms. The maximum absolute atomic E-state index is 13.0. The fraction of sp³-hybridized carbons (Fsp3) is 0.217. The Labute approximate surface area is 203 Å². The number of benzene rings is 2. The Hall–Kier alpha value is -2.51. The summed E-state index contributed by atoms with van der Waals surface area (Å²) in [6.07, 6.45) is 1.65. The first-order chi connectivity index (χ1) is 14.6. The Bertz CT molecular complexity index is 1260. The summed E-state index contributed by atoms with van der Waals surface area (Å²) in [5, 5.41) is 7.86. The summed E-state index contributed by atoms with van der Waals surface area (Å²) in [5.74, 6) is 0. The van der Waals surface area contributed by atoms with Gasteiger partial charge >= 0.3 is 0 Å². The first-order valence-corrected chi connectivity index (χ1v) is 10.4. The molecule has 2 aromatic carbocycles. The number of aryl methyl sites for hydroxylation is 1. The third-order valence-corrected chi connectivity index (χ3v) is 5.90. The van der Waals surface area contributed by atoms with Gasteiger partial charge in [-0.1, -0.05) is 23.7 Å². The molecule has 2 N–H and O–H groups in total. The number of nitrogens with zero attached hydrogens (tertiary/aromatic N) is 3. The van der Waals surface area contributed by atoms with Crippen LogP contribution in [0.25, 0.3) is 27.7 Å². The summed E-state index contributed by atoms with van der Waals surface area (Å²) in [6, 6.07) is 15.7. The Morgan fingerprint density at radius 2 is 1.56 bits per heavy atom. The van der Waals surface area contributed by atoms with Gasteiger partial charge in [0.05, 0.1) is 16.6 Å². The standard InChI is InChI=1S/C23H22ClN5O.2ClH/c1-15-21(16-2-6-18(7-3-16)28-12-10-25-11-13-28)22-20(14-26-15)23(30)29(27-22)19-8-4-17(24)5-9-19;;/h2-9,14,25,27H,10-13H2,1H3;2*1H. The van der Waals surface area contributed by atoms with Crippen molar-refractivity contribution in [2.45, 2.75) is 6.92 Å². The van der Waals surface area contributed by atoms with E-state index in [9.17, 15) is 4.79 Å². The number of nitrogens with one attached hydrogen (secondary N) is 2. The zero-order valence-electron chi connectivity index (χ0n) is 17.5. The predicted molar refractivity (Wildman–Crippen MR) is 136 cm³/mol. The number of rotatable bonds is 3. The van der Waals surface area contributed by atoms with E-state index in [2.05, 4.69) is 44.6 Å². The van der Waals surface area contributed by atoms with Crippen LogP contribution in [0.5, 0.6) is 0 Å². The number of aromatic amines is 1. The second kappa shape index (κ2) is 9.96. The van der Waals surface area contributed by atoms with Crippen LogP contribution in [0.3, 0.4) is 0 Å². The van der Waals surface area contributed by atoms with Crippen molar-refractivity contribution >= 4 is 53.0 Å². The number of hydrogen-bond acceptors (Lipinski definition) is 4. The summed E-state index contributed by atoms with van der Waals surface area (Å²) in [7, 11) is 0. The van der Waals surface area contributed by atoms with Crippen molar-refractivity contribution in [3.8, 4) is 16.8 Å². The van der Waals surface area contributed by atoms with E-state index in [0.717, 1.165) is 54.2 Å². The van der Waals surface area contributed by atoms with Gasteiger partial charge in [0.25, 0.3) is 5.56 Å². The quantitative estimate of drug-likeness (QED) is 0.439. The highest BCUT2D eigenvalue weighted by molar-refractivity contribution is 6.30. The number of halogens is 3.